The van der Waals surface area contributed by atoms with Crippen molar-refractivity contribution in [3.05, 3.63) is 70.3 Å². The van der Waals surface area contributed by atoms with Gasteiger partial charge in [0.1, 0.15) is 5.60 Å². The van der Waals surface area contributed by atoms with Crippen LogP contribution in [0.4, 0.5) is 10.5 Å². The molecule has 1 heterocycles. The Hall–Kier alpha value is -3.68. The molecule has 2 aromatic carbocycles. The zero-order chi connectivity index (χ0) is 21.9. The van der Waals surface area contributed by atoms with Gasteiger partial charge in [-0.2, -0.15) is 0 Å². The van der Waals surface area contributed by atoms with Crippen LogP contribution in [0.25, 0.3) is 10.9 Å². The van der Waals surface area contributed by atoms with Crippen molar-refractivity contribution in [2.75, 3.05) is 5.32 Å². The molecule has 0 unspecified atom stereocenters. The largest absolute Gasteiger partial charge is 0.451 e. The first kappa shape index (κ1) is 21.0. The highest BCUT2D eigenvalue weighted by Gasteiger charge is 2.19. The number of anilines is 1. The van der Waals surface area contributed by atoms with E-state index in [1.54, 1.807) is 70.2 Å². The van der Waals surface area contributed by atoms with Crippen LogP contribution in [-0.2, 0) is 9.47 Å². The average Bonchev–Trinajstić information content (AvgIpc) is 2.66. The number of benzene rings is 2. The Morgan fingerprint density at radius 1 is 1.10 bits per heavy atom. The number of aromatic nitrogens is 2. The standard InChI is InChI=1S/C22H23N3O5/c1-13(18-24-17-11-6-5-10-16(17)19(26)25-18)29-20(27)14-8-7-9-15(12-14)23-21(28)30-22(2,3)4/h5-13H,1-4H3,(H,23,28)(H,24,25,26)/t13-/m1/s1. The number of ether oxygens (including phenoxy) is 2. The molecule has 8 nitrogen and oxygen atoms in total. The first-order chi connectivity index (χ1) is 14.1. The lowest BCUT2D eigenvalue weighted by atomic mass is 10.2. The van der Waals surface area contributed by atoms with Crippen LogP contribution in [0.15, 0.2) is 53.3 Å². The Balaban J connectivity index is 1.73. The Bertz CT molecular complexity index is 1150. The predicted molar refractivity (Wildman–Crippen MR) is 112 cm³/mol. The first-order valence-corrected chi connectivity index (χ1v) is 9.42. The van der Waals surface area contributed by atoms with E-state index in [1.807, 2.05) is 0 Å². The van der Waals surface area contributed by atoms with E-state index in [1.165, 1.54) is 6.07 Å². The molecule has 156 valence electrons. The molecule has 0 saturated heterocycles. The molecule has 0 spiro atoms. The second kappa shape index (κ2) is 8.36. The lowest BCUT2D eigenvalue weighted by molar-refractivity contribution is 0.0319. The number of para-hydroxylation sites is 1. The van der Waals surface area contributed by atoms with Gasteiger partial charge in [0.25, 0.3) is 5.56 Å². The quantitative estimate of drug-likeness (QED) is 0.625. The summed E-state index contributed by atoms with van der Waals surface area (Å²) < 4.78 is 10.7. The van der Waals surface area contributed by atoms with Gasteiger partial charge in [-0.25, -0.2) is 14.6 Å². The van der Waals surface area contributed by atoms with Gasteiger partial charge in [-0.15, -0.1) is 0 Å². The molecular formula is C22H23N3O5. The van der Waals surface area contributed by atoms with E-state index in [2.05, 4.69) is 15.3 Å². The van der Waals surface area contributed by atoms with Gasteiger partial charge in [0, 0.05) is 5.69 Å². The third-order valence-electron chi connectivity index (χ3n) is 4.04. The normalized spacial score (nSPS) is 12.3. The summed E-state index contributed by atoms with van der Waals surface area (Å²) in [5.74, 6) is -0.374. The average molecular weight is 409 g/mol. The molecule has 0 bridgehead atoms. The summed E-state index contributed by atoms with van der Waals surface area (Å²) in [6.07, 6.45) is -1.41. The molecule has 2 N–H and O–H groups in total. The van der Waals surface area contributed by atoms with Crippen LogP contribution in [0.3, 0.4) is 0 Å². The molecule has 1 aromatic heterocycles. The fraction of sp³-hybridized carbons (Fsp3) is 0.273. The summed E-state index contributed by atoms with van der Waals surface area (Å²) in [6, 6.07) is 13.2. The molecule has 0 aliphatic rings. The monoisotopic (exact) mass is 409 g/mol. The van der Waals surface area contributed by atoms with Gasteiger partial charge in [-0.3, -0.25) is 10.1 Å². The van der Waals surface area contributed by atoms with Crippen LogP contribution in [0, 0.1) is 0 Å². The third-order valence-corrected chi connectivity index (χ3v) is 4.04. The minimum Gasteiger partial charge on any atom is -0.451 e. The summed E-state index contributed by atoms with van der Waals surface area (Å²) in [5, 5.41) is 3.04. The molecule has 8 heteroatoms. The predicted octanol–water partition coefficient (Wildman–Crippen LogP) is 4.19. The third kappa shape index (κ3) is 5.22. The topological polar surface area (TPSA) is 110 Å². The van der Waals surface area contributed by atoms with Crippen LogP contribution < -0.4 is 10.9 Å². The number of aromatic amines is 1. The van der Waals surface area contributed by atoms with Gasteiger partial charge in [0.2, 0.25) is 0 Å². The number of H-pyrrole nitrogens is 1. The molecule has 1 amide bonds. The van der Waals surface area contributed by atoms with E-state index in [9.17, 15) is 14.4 Å². The highest BCUT2D eigenvalue weighted by molar-refractivity contribution is 5.92. The van der Waals surface area contributed by atoms with Gasteiger partial charge >= 0.3 is 12.1 Å². The number of carbonyl (C=O) groups is 2. The van der Waals surface area contributed by atoms with Crippen molar-refractivity contribution >= 4 is 28.7 Å². The van der Waals surface area contributed by atoms with Crippen LogP contribution in [-0.4, -0.2) is 27.6 Å². The summed E-state index contributed by atoms with van der Waals surface area (Å²) in [7, 11) is 0. The first-order valence-electron chi connectivity index (χ1n) is 9.42. The SMILES string of the molecule is C[C@@H](OC(=O)c1cccc(NC(=O)OC(C)(C)C)c1)c1nc2ccccc2c(=O)[nH]1. The number of hydrogen-bond donors (Lipinski definition) is 2. The Morgan fingerprint density at radius 3 is 2.57 bits per heavy atom. The molecule has 0 saturated carbocycles. The zero-order valence-electron chi connectivity index (χ0n) is 17.2. The van der Waals surface area contributed by atoms with E-state index in [0.717, 1.165) is 0 Å². The van der Waals surface area contributed by atoms with Gasteiger partial charge in [-0.05, 0) is 58.0 Å². The fourth-order valence-electron chi connectivity index (χ4n) is 2.73. The number of hydrogen-bond acceptors (Lipinski definition) is 6. The fourth-order valence-corrected chi connectivity index (χ4v) is 2.73. The second-order valence-electron chi connectivity index (χ2n) is 7.72. The summed E-state index contributed by atoms with van der Waals surface area (Å²) in [4.78, 5) is 43.7. The smallest absolute Gasteiger partial charge is 0.412 e. The molecule has 0 radical (unpaired) electrons. The maximum Gasteiger partial charge on any atom is 0.412 e. The lowest BCUT2D eigenvalue weighted by Crippen LogP contribution is -2.27. The van der Waals surface area contributed by atoms with Crippen LogP contribution in [0.5, 0.6) is 0 Å². The van der Waals surface area contributed by atoms with Crippen LogP contribution >= 0.6 is 0 Å². The molecule has 30 heavy (non-hydrogen) atoms. The maximum absolute atomic E-state index is 12.6. The Kier molecular flexibility index (Phi) is 5.86. The molecular weight excluding hydrogens is 386 g/mol. The molecule has 3 rings (SSSR count). The van der Waals surface area contributed by atoms with E-state index in [0.29, 0.717) is 16.6 Å². The highest BCUT2D eigenvalue weighted by Crippen LogP contribution is 2.19. The summed E-state index contributed by atoms with van der Waals surface area (Å²) >= 11 is 0. The lowest BCUT2D eigenvalue weighted by Gasteiger charge is -2.19. The number of rotatable bonds is 4. The van der Waals surface area contributed by atoms with Crippen molar-refractivity contribution in [3.8, 4) is 0 Å². The van der Waals surface area contributed by atoms with Crippen molar-refractivity contribution in [2.45, 2.75) is 39.4 Å². The number of amides is 1. The number of esters is 1. The molecule has 0 aliphatic carbocycles. The van der Waals surface area contributed by atoms with E-state index in [4.69, 9.17) is 9.47 Å². The zero-order valence-corrected chi connectivity index (χ0v) is 17.2. The van der Waals surface area contributed by atoms with Crippen molar-refractivity contribution < 1.29 is 19.1 Å². The van der Waals surface area contributed by atoms with E-state index in [-0.39, 0.29) is 16.9 Å². The van der Waals surface area contributed by atoms with E-state index < -0.39 is 23.8 Å². The Labute approximate surface area is 173 Å². The van der Waals surface area contributed by atoms with Gasteiger partial charge in [-0.1, -0.05) is 18.2 Å². The van der Waals surface area contributed by atoms with Gasteiger partial charge in [0.15, 0.2) is 11.9 Å². The summed E-state index contributed by atoms with van der Waals surface area (Å²) in [6.45, 7) is 6.89. The highest BCUT2D eigenvalue weighted by atomic mass is 16.6. The van der Waals surface area contributed by atoms with Gasteiger partial charge < -0.3 is 14.5 Å². The van der Waals surface area contributed by atoms with Crippen molar-refractivity contribution in [3.63, 3.8) is 0 Å². The Morgan fingerprint density at radius 2 is 1.83 bits per heavy atom. The maximum atomic E-state index is 12.6. The van der Waals surface area contributed by atoms with Crippen LogP contribution in [0.2, 0.25) is 0 Å². The number of nitrogens with zero attached hydrogens (tertiary/aromatic N) is 1. The van der Waals surface area contributed by atoms with Gasteiger partial charge in [0.05, 0.1) is 16.5 Å². The molecule has 3 aromatic rings. The number of nitrogens with one attached hydrogen (secondary N) is 2. The molecule has 0 aliphatic heterocycles. The van der Waals surface area contributed by atoms with Crippen molar-refractivity contribution in [2.24, 2.45) is 0 Å². The van der Waals surface area contributed by atoms with Crippen molar-refractivity contribution in [1.82, 2.24) is 9.97 Å². The number of fused-ring (bicyclic) bond motifs is 1. The molecule has 1 atom stereocenters. The number of carbonyl (C=O) groups excluding carboxylic acids is 2. The van der Waals surface area contributed by atoms with Crippen molar-refractivity contribution in [1.29, 1.82) is 0 Å². The second-order valence-corrected chi connectivity index (χ2v) is 7.72. The summed E-state index contributed by atoms with van der Waals surface area (Å²) in [5.41, 5.74) is 0.201. The minimum absolute atomic E-state index is 0.235. The van der Waals surface area contributed by atoms with Crippen LogP contribution in [0.1, 0.15) is 50.0 Å². The molecule has 0 fully saturated rings. The minimum atomic E-state index is -0.780. The van der Waals surface area contributed by atoms with E-state index >= 15 is 0 Å².